The Hall–Kier alpha value is -2.43. The molecule has 0 bridgehead atoms. The highest BCUT2D eigenvalue weighted by Gasteiger charge is 2.30. The first-order valence-electron chi connectivity index (χ1n) is 9.55. The average molecular weight is 397 g/mol. The third-order valence-corrected chi connectivity index (χ3v) is 5.59. The molecule has 0 unspecified atom stereocenters. The molecule has 0 fully saturated rings. The molecule has 28 heavy (non-hydrogen) atoms. The molecule has 0 saturated heterocycles. The first kappa shape index (κ1) is 18.9. The highest BCUT2D eigenvalue weighted by molar-refractivity contribution is 6.30. The second-order valence-electron chi connectivity index (χ2n) is 7.07. The molecule has 0 N–H and O–H groups in total. The molecule has 4 nitrogen and oxygen atoms in total. The molecule has 1 aliphatic rings. The Morgan fingerprint density at radius 1 is 1.00 bits per heavy atom. The molecular formula is C23H25ClN2O2. The van der Waals surface area contributed by atoms with Crippen LogP contribution in [0.3, 0.4) is 0 Å². The van der Waals surface area contributed by atoms with E-state index >= 15 is 0 Å². The van der Waals surface area contributed by atoms with Crippen LogP contribution in [0.5, 0.6) is 11.5 Å². The molecule has 2 aromatic carbocycles. The van der Waals surface area contributed by atoms with Gasteiger partial charge in [-0.3, -0.25) is 4.90 Å². The molecule has 0 saturated carbocycles. The van der Waals surface area contributed by atoms with E-state index in [9.17, 15) is 0 Å². The summed E-state index contributed by atoms with van der Waals surface area (Å²) in [5.74, 6) is 1.55. The molecule has 0 amide bonds. The van der Waals surface area contributed by atoms with E-state index in [1.807, 2.05) is 30.3 Å². The Balaban J connectivity index is 1.81. The number of hydrogen-bond acceptors (Lipinski definition) is 3. The summed E-state index contributed by atoms with van der Waals surface area (Å²) in [5.41, 5.74) is 3.59. The number of hydrogen-bond donors (Lipinski definition) is 0. The molecule has 0 spiro atoms. The second-order valence-corrected chi connectivity index (χ2v) is 7.50. The third kappa shape index (κ3) is 3.62. The summed E-state index contributed by atoms with van der Waals surface area (Å²) >= 11 is 6.24. The SMILES string of the molecule is COc1cccc([C@@H]2c3cccn3CCCN2Cc2cccc(Cl)c2)c1OC. The topological polar surface area (TPSA) is 26.6 Å². The number of para-hydroxylation sites is 1. The van der Waals surface area contributed by atoms with Crippen molar-refractivity contribution in [3.8, 4) is 11.5 Å². The maximum atomic E-state index is 6.24. The van der Waals surface area contributed by atoms with Crippen molar-refractivity contribution in [3.05, 3.63) is 82.6 Å². The van der Waals surface area contributed by atoms with Crippen LogP contribution < -0.4 is 9.47 Å². The van der Waals surface area contributed by atoms with Gasteiger partial charge in [0.05, 0.1) is 20.3 Å². The first-order valence-corrected chi connectivity index (χ1v) is 9.93. The molecule has 0 aliphatic carbocycles. The summed E-state index contributed by atoms with van der Waals surface area (Å²) in [7, 11) is 3.39. The average Bonchev–Trinajstić information content (AvgIpc) is 3.09. The minimum absolute atomic E-state index is 0.0709. The smallest absolute Gasteiger partial charge is 0.165 e. The van der Waals surface area contributed by atoms with Crippen molar-refractivity contribution in [1.29, 1.82) is 0 Å². The van der Waals surface area contributed by atoms with Crippen LogP contribution in [0.4, 0.5) is 0 Å². The van der Waals surface area contributed by atoms with Gasteiger partial charge in [0, 0.05) is 42.1 Å². The van der Waals surface area contributed by atoms with E-state index in [-0.39, 0.29) is 6.04 Å². The molecule has 1 aromatic heterocycles. The number of benzene rings is 2. The highest BCUT2D eigenvalue weighted by atomic mass is 35.5. The van der Waals surface area contributed by atoms with Gasteiger partial charge in [0.1, 0.15) is 0 Å². The Kier molecular flexibility index (Phi) is 5.60. The van der Waals surface area contributed by atoms with Crippen LogP contribution in [0, 0.1) is 0 Å². The molecule has 0 radical (unpaired) electrons. The zero-order valence-electron chi connectivity index (χ0n) is 16.3. The van der Waals surface area contributed by atoms with Crippen molar-refractivity contribution in [1.82, 2.24) is 9.47 Å². The molecule has 1 aliphatic heterocycles. The predicted molar refractivity (Wildman–Crippen MR) is 112 cm³/mol. The van der Waals surface area contributed by atoms with E-state index in [1.54, 1.807) is 14.2 Å². The summed E-state index contributed by atoms with van der Waals surface area (Å²) < 4.78 is 13.7. The third-order valence-electron chi connectivity index (χ3n) is 5.36. The fraction of sp³-hybridized carbons (Fsp3) is 0.304. The lowest BCUT2D eigenvalue weighted by molar-refractivity contribution is 0.215. The Labute approximate surface area is 171 Å². The van der Waals surface area contributed by atoms with Gasteiger partial charge in [-0.05, 0) is 42.3 Å². The van der Waals surface area contributed by atoms with Crippen LogP contribution in [0.25, 0.3) is 0 Å². The molecule has 2 heterocycles. The molecule has 146 valence electrons. The van der Waals surface area contributed by atoms with E-state index in [0.717, 1.165) is 48.1 Å². The Morgan fingerprint density at radius 3 is 2.64 bits per heavy atom. The number of fused-ring (bicyclic) bond motifs is 1. The first-order chi connectivity index (χ1) is 13.7. The fourth-order valence-electron chi connectivity index (χ4n) is 4.16. The number of rotatable bonds is 5. The van der Waals surface area contributed by atoms with Gasteiger partial charge in [-0.25, -0.2) is 0 Å². The van der Waals surface area contributed by atoms with Crippen LogP contribution in [0.15, 0.2) is 60.8 Å². The predicted octanol–water partition coefficient (Wildman–Crippen LogP) is 5.15. The van der Waals surface area contributed by atoms with Crippen LogP contribution in [-0.2, 0) is 13.1 Å². The van der Waals surface area contributed by atoms with Gasteiger partial charge in [-0.2, -0.15) is 0 Å². The van der Waals surface area contributed by atoms with Crippen LogP contribution in [0.2, 0.25) is 5.02 Å². The lowest BCUT2D eigenvalue weighted by Crippen LogP contribution is -2.29. The molecule has 1 atom stereocenters. The van der Waals surface area contributed by atoms with Gasteiger partial charge in [-0.1, -0.05) is 35.9 Å². The summed E-state index contributed by atoms with van der Waals surface area (Å²) in [6.07, 6.45) is 3.25. The zero-order chi connectivity index (χ0) is 19.5. The summed E-state index contributed by atoms with van der Waals surface area (Å²) in [5, 5.41) is 0.770. The van der Waals surface area contributed by atoms with Crippen molar-refractivity contribution >= 4 is 11.6 Å². The Bertz CT molecular complexity index is 953. The number of aromatic nitrogens is 1. The van der Waals surface area contributed by atoms with Crippen molar-refractivity contribution in [2.45, 2.75) is 25.6 Å². The van der Waals surface area contributed by atoms with Gasteiger partial charge >= 0.3 is 0 Å². The second kappa shape index (κ2) is 8.29. The monoisotopic (exact) mass is 396 g/mol. The van der Waals surface area contributed by atoms with Crippen LogP contribution in [-0.4, -0.2) is 30.2 Å². The van der Waals surface area contributed by atoms with E-state index < -0.39 is 0 Å². The van der Waals surface area contributed by atoms with Crippen molar-refractivity contribution in [2.24, 2.45) is 0 Å². The number of halogens is 1. The van der Waals surface area contributed by atoms with Gasteiger partial charge in [-0.15, -0.1) is 0 Å². The van der Waals surface area contributed by atoms with Gasteiger partial charge in [0.15, 0.2) is 11.5 Å². The van der Waals surface area contributed by atoms with Crippen LogP contribution in [0.1, 0.15) is 29.3 Å². The fourth-order valence-corrected chi connectivity index (χ4v) is 4.38. The molecule has 4 rings (SSSR count). The molecular weight excluding hydrogens is 372 g/mol. The summed E-state index contributed by atoms with van der Waals surface area (Å²) in [6.45, 7) is 2.81. The van der Waals surface area contributed by atoms with E-state index in [1.165, 1.54) is 11.3 Å². The standard InChI is InChI=1S/C23H25ClN2O2/c1-27-21-11-4-9-19(23(21)28-2)22-20-10-5-12-25(20)13-6-14-26(22)16-17-7-3-8-18(24)15-17/h3-5,7-12,15,22H,6,13-14,16H2,1-2H3/t22-/m1/s1. The number of nitrogens with zero attached hydrogens (tertiary/aromatic N) is 2. The highest BCUT2D eigenvalue weighted by Crippen LogP contribution is 2.41. The van der Waals surface area contributed by atoms with Crippen molar-refractivity contribution < 1.29 is 9.47 Å². The van der Waals surface area contributed by atoms with Gasteiger partial charge < -0.3 is 14.0 Å². The van der Waals surface area contributed by atoms with Gasteiger partial charge in [0.25, 0.3) is 0 Å². The van der Waals surface area contributed by atoms with Crippen molar-refractivity contribution in [3.63, 3.8) is 0 Å². The largest absolute Gasteiger partial charge is 0.493 e. The van der Waals surface area contributed by atoms with Gasteiger partial charge in [0.2, 0.25) is 0 Å². The van der Waals surface area contributed by atoms with Crippen molar-refractivity contribution in [2.75, 3.05) is 20.8 Å². The number of methoxy groups -OCH3 is 2. The number of aryl methyl sites for hydroxylation is 1. The van der Waals surface area contributed by atoms with E-state index in [2.05, 4.69) is 39.9 Å². The maximum absolute atomic E-state index is 6.24. The normalized spacial score (nSPS) is 17.0. The van der Waals surface area contributed by atoms with Crippen LogP contribution >= 0.6 is 11.6 Å². The lowest BCUT2D eigenvalue weighted by atomic mass is 9.99. The quantitative estimate of drug-likeness (QED) is 0.596. The number of ether oxygens (including phenoxy) is 2. The molecule has 5 heteroatoms. The molecule has 3 aromatic rings. The summed E-state index contributed by atoms with van der Waals surface area (Å²) in [4.78, 5) is 2.50. The van der Waals surface area contributed by atoms with E-state index in [0.29, 0.717) is 0 Å². The lowest BCUT2D eigenvalue weighted by Gasteiger charge is -2.32. The zero-order valence-corrected chi connectivity index (χ0v) is 17.0. The Morgan fingerprint density at radius 2 is 1.86 bits per heavy atom. The van der Waals surface area contributed by atoms with E-state index in [4.69, 9.17) is 21.1 Å². The summed E-state index contributed by atoms with van der Waals surface area (Å²) in [6, 6.07) is 18.6. The minimum atomic E-state index is 0.0709. The maximum Gasteiger partial charge on any atom is 0.165 e. The minimum Gasteiger partial charge on any atom is -0.493 e.